The van der Waals surface area contributed by atoms with Gasteiger partial charge in [0.15, 0.2) is 0 Å². The minimum Gasteiger partial charge on any atom is -0.478 e. The summed E-state index contributed by atoms with van der Waals surface area (Å²) >= 11 is 0. The van der Waals surface area contributed by atoms with Crippen LogP contribution in [0.2, 0.25) is 0 Å². The van der Waals surface area contributed by atoms with Gasteiger partial charge in [0.2, 0.25) is 0 Å². The average Bonchev–Trinajstić information content (AvgIpc) is 2.53. The number of ether oxygens (including phenoxy) is 1. The van der Waals surface area contributed by atoms with Crippen LogP contribution in [0.1, 0.15) is 41.4 Å². The number of benzene rings is 2. The van der Waals surface area contributed by atoms with E-state index in [4.69, 9.17) is 20.1 Å². The van der Waals surface area contributed by atoms with Crippen LogP contribution in [0.4, 0.5) is 0 Å². The maximum atomic E-state index is 11.3. The van der Waals surface area contributed by atoms with Gasteiger partial charge in [-0.25, -0.2) is 19.2 Å². The molecular formula is C16H10O9. The first kappa shape index (κ1) is 17.5. The molecule has 0 aliphatic heterocycles. The van der Waals surface area contributed by atoms with Gasteiger partial charge in [0, 0.05) is 0 Å². The highest BCUT2D eigenvalue weighted by atomic mass is 16.5. The molecule has 128 valence electrons. The Morgan fingerprint density at radius 3 is 1.80 bits per heavy atom. The SMILES string of the molecule is O=C(O)c1ccc(Oc2cccc(C(=O)O)c2C(=O)O)cc1C(=O)O. The Bertz CT molecular complexity index is 898. The second-order valence-corrected chi connectivity index (χ2v) is 4.71. The number of hydrogen-bond acceptors (Lipinski definition) is 5. The van der Waals surface area contributed by atoms with Gasteiger partial charge in [0.05, 0.1) is 16.7 Å². The summed E-state index contributed by atoms with van der Waals surface area (Å²) in [4.78, 5) is 44.6. The second-order valence-electron chi connectivity index (χ2n) is 4.71. The number of carbonyl (C=O) groups is 4. The molecule has 0 saturated heterocycles. The summed E-state index contributed by atoms with van der Waals surface area (Å²) < 4.78 is 5.29. The fourth-order valence-electron chi connectivity index (χ4n) is 2.09. The van der Waals surface area contributed by atoms with Crippen molar-refractivity contribution in [3.8, 4) is 11.5 Å². The van der Waals surface area contributed by atoms with Crippen molar-refractivity contribution in [3.05, 3.63) is 58.7 Å². The smallest absolute Gasteiger partial charge is 0.340 e. The highest BCUT2D eigenvalue weighted by molar-refractivity contribution is 6.04. The highest BCUT2D eigenvalue weighted by Gasteiger charge is 2.22. The number of carboxylic acids is 4. The van der Waals surface area contributed by atoms with Crippen LogP contribution < -0.4 is 4.74 Å². The molecule has 9 heteroatoms. The van der Waals surface area contributed by atoms with Gasteiger partial charge in [-0.15, -0.1) is 0 Å². The number of hydrogen-bond donors (Lipinski definition) is 4. The zero-order valence-corrected chi connectivity index (χ0v) is 12.3. The lowest BCUT2D eigenvalue weighted by atomic mass is 10.1. The Balaban J connectivity index is 2.54. The van der Waals surface area contributed by atoms with Gasteiger partial charge in [-0.1, -0.05) is 6.07 Å². The van der Waals surface area contributed by atoms with Gasteiger partial charge >= 0.3 is 23.9 Å². The van der Waals surface area contributed by atoms with Crippen LogP contribution in [0, 0.1) is 0 Å². The monoisotopic (exact) mass is 346 g/mol. The molecule has 2 rings (SSSR count). The van der Waals surface area contributed by atoms with Crippen LogP contribution in [0.15, 0.2) is 36.4 Å². The normalized spacial score (nSPS) is 10.1. The molecule has 0 aliphatic rings. The largest absolute Gasteiger partial charge is 0.478 e. The molecule has 9 nitrogen and oxygen atoms in total. The van der Waals surface area contributed by atoms with E-state index in [0.29, 0.717) is 0 Å². The molecule has 0 heterocycles. The van der Waals surface area contributed by atoms with E-state index >= 15 is 0 Å². The summed E-state index contributed by atoms with van der Waals surface area (Å²) in [6.07, 6.45) is 0. The molecule has 4 N–H and O–H groups in total. The fraction of sp³-hybridized carbons (Fsp3) is 0. The lowest BCUT2D eigenvalue weighted by Crippen LogP contribution is -2.10. The summed E-state index contributed by atoms with van der Waals surface area (Å²) in [7, 11) is 0. The average molecular weight is 346 g/mol. The van der Waals surface area contributed by atoms with Crippen LogP contribution in [0.25, 0.3) is 0 Å². The molecule has 0 amide bonds. The van der Waals surface area contributed by atoms with Crippen molar-refractivity contribution >= 4 is 23.9 Å². The number of aromatic carboxylic acids is 4. The molecule has 0 aliphatic carbocycles. The summed E-state index contributed by atoms with van der Waals surface area (Å²) in [6, 6.07) is 6.56. The minimum atomic E-state index is -1.55. The summed E-state index contributed by atoms with van der Waals surface area (Å²) in [5.41, 5.74) is -2.16. The lowest BCUT2D eigenvalue weighted by Gasteiger charge is -2.12. The molecule has 25 heavy (non-hydrogen) atoms. The topological polar surface area (TPSA) is 158 Å². The quantitative estimate of drug-likeness (QED) is 0.615. The number of carboxylic acid groups (broad SMARTS) is 4. The van der Waals surface area contributed by atoms with Gasteiger partial charge in [-0.3, -0.25) is 0 Å². The van der Waals surface area contributed by atoms with Crippen molar-refractivity contribution in [3.63, 3.8) is 0 Å². The van der Waals surface area contributed by atoms with Gasteiger partial charge in [0.25, 0.3) is 0 Å². The molecule has 0 spiro atoms. The molecule has 0 aromatic heterocycles. The Morgan fingerprint density at radius 2 is 1.28 bits per heavy atom. The fourth-order valence-corrected chi connectivity index (χ4v) is 2.09. The van der Waals surface area contributed by atoms with Crippen molar-refractivity contribution in [2.24, 2.45) is 0 Å². The first-order valence-corrected chi connectivity index (χ1v) is 6.60. The van der Waals surface area contributed by atoms with Gasteiger partial charge in [0.1, 0.15) is 17.1 Å². The number of rotatable bonds is 6. The van der Waals surface area contributed by atoms with E-state index in [9.17, 15) is 24.3 Å². The van der Waals surface area contributed by atoms with E-state index < -0.39 is 46.1 Å². The van der Waals surface area contributed by atoms with Crippen molar-refractivity contribution < 1.29 is 44.3 Å². The first-order chi connectivity index (χ1) is 11.7. The molecule has 0 fully saturated rings. The maximum absolute atomic E-state index is 11.3. The zero-order chi connectivity index (χ0) is 18.7. The van der Waals surface area contributed by atoms with Crippen molar-refractivity contribution in [2.45, 2.75) is 0 Å². The predicted molar refractivity (Wildman–Crippen MR) is 80.8 cm³/mol. The molecule has 0 radical (unpaired) electrons. The van der Waals surface area contributed by atoms with Crippen molar-refractivity contribution in [1.82, 2.24) is 0 Å². The minimum absolute atomic E-state index is 0.160. The van der Waals surface area contributed by atoms with E-state index in [-0.39, 0.29) is 11.5 Å². The van der Waals surface area contributed by atoms with Crippen LogP contribution in [-0.4, -0.2) is 44.3 Å². The van der Waals surface area contributed by atoms with Crippen LogP contribution in [-0.2, 0) is 0 Å². The van der Waals surface area contributed by atoms with Gasteiger partial charge in [-0.05, 0) is 30.3 Å². The van der Waals surface area contributed by atoms with E-state index in [0.717, 1.165) is 24.3 Å². The Labute approximate surface area is 139 Å². The lowest BCUT2D eigenvalue weighted by molar-refractivity contribution is 0.0648. The van der Waals surface area contributed by atoms with Gasteiger partial charge in [-0.2, -0.15) is 0 Å². The van der Waals surface area contributed by atoms with Crippen LogP contribution in [0.5, 0.6) is 11.5 Å². The molecule has 0 unspecified atom stereocenters. The molecule has 2 aromatic carbocycles. The third-order valence-corrected chi connectivity index (χ3v) is 3.15. The van der Waals surface area contributed by atoms with E-state index in [1.165, 1.54) is 12.1 Å². The maximum Gasteiger partial charge on any atom is 0.340 e. The molecular weight excluding hydrogens is 336 g/mol. The van der Waals surface area contributed by atoms with Gasteiger partial charge < -0.3 is 25.2 Å². The van der Waals surface area contributed by atoms with E-state index in [2.05, 4.69) is 0 Å². The van der Waals surface area contributed by atoms with E-state index in [1.807, 2.05) is 0 Å². The third-order valence-electron chi connectivity index (χ3n) is 3.15. The summed E-state index contributed by atoms with van der Waals surface area (Å²) in [6.45, 7) is 0. The predicted octanol–water partition coefficient (Wildman–Crippen LogP) is 2.27. The Kier molecular flexibility index (Phi) is 4.69. The standard InChI is InChI=1S/C16H10O9/c17-13(18)8-5-4-7(6-10(8)15(21)22)25-11-3-1-2-9(14(19)20)12(11)16(23)24/h1-6H,(H,17,18)(H,19,20)(H,21,22)(H,23,24). The highest BCUT2D eigenvalue weighted by Crippen LogP contribution is 2.29. The zero-order valence-electron chi connectivity index (χ0n) is 12.3. The second kappa shape index (κ2) is 6.71. The first-order valence-electron chi connectivity index (χ1n) is 6.60. The molecule has 0 saturated carbocycles. The van der Waals surface area contributed by atoms with Crippen LogP contribution in [0.3, 0.4) is 0 Å². The third kappa shape index (κ3) is 3.55. The summed E-state index contributed by atoms with van der Waals surface area (Å²) in [5.74, 6) is -6.48. The molecule has 0 bridgehead atoms. The van der Waals surface area contributed by atoms with Crippen LogP contribution >= 0.6 is 0 Å². The molecule has 0 atom stereocenters. The van der Waals surface area contributed by atoms with E-state index in [1.54, 1.807) is 0 Å². The molecule has 2 aromatic rings. The Hall–Kier alpha value is -3.88. The van der Waals surface area contributed by atoms with Crippen molar-refractivity contribution in [1.29, 1.82) is 0 Å². The van der Waals surface area contributed by atoms with Crippen molar-refractivity contribution in [2.75, 3.05) is 0 Å². The Morgan fingerprint density at radius 1 is 0.680 bits per heavy atom. The summed E-state index contributed by atoms with van der Waals surface area (Å²) in [5, 5.41) is 36.3.